The third-order valence-corrected chi connectivity index (χ3v) is 2.33. The number of ether oxygens (including phenoxy) is 2. The molecule has 0 aromatic heterocycles. The number of hydrogen-bond donors (Lipinski definition) is 0. The van der Waals surface area contributed by atoms with E-state index in [1.165, 1.54) is 0 Å². The highest BCUT2D eigenvalue weighted by Crippen LogP contribution is 2.20. The van der Waals surface area contributed by atoms with Gasteiger partial charge in [0, 0.05) is 7.11 Å². The van der Waals surface area contributed by atoms with Crippen LogP contribution in [0.1, 0.15) is 19.8 Å². The van der Waals surface area contributed by atoms with E-state index >= 15 is 0 Å². The van der Waals surface area contributed by atoms with E-state index in [1.807, 2.05) is 13.0 Å². The lowest BCUT2D eigenvalue weighted by Gasteiger charge is -2.17. The summed E-state index contributed by atoms with van der Waals surface area (Å²) in [6.45, 7) is 2.61. The molecule has 0 aliphatic heterocycles. The lowest BCUT2D eigenvalue weighted by Crippen LogP contribution is -2.24. The third kappa shape index (κ3) is 3.51. The van der Waals surface area contributed by atoms with Gasteiger partial charge in [0.15, 0.2) is 0 Å². The Hall–Kier alpha value is -1.09. The van der Waals surface area contributed by atoms with E-state index < -0.39 is 0 Å². The van der Waals surface area contributed by atoms with Gasteiger partial charge in [-0.1, -0.05) is 18.2 Å². The quantitative estimate of drug-likeness (QED) is 0.652. The van der Waals surface area contributed by atoms with Crippen molar-refractivity contribution in [2.45, 2.75) is 19.8 Å². The maximum Gasteiger partial charge on any atom is 0.315 e. The molecule has 0 amide bonds. The van der Waals surface area contributed by atoms with Crippen LogP contribution in [0.3, 0.4) is 0 Å². The van der Waals surface area contributed by atoms with Crippen molar-refractivity contribution >= 4 is 5.97 Å². The lowest BCUT2D eigenvalue weighted by atomic mass is 9.95. The fourth-order valence-electron chi connectivity index (χ4n) is 1.60. The van der Waals surface area contributed by atoms with E-state index in [1.54, 1.807) is 7.11 Å². The summed E-state index contributed by atoms with van der Waals surface area (Å²) in [7, 11) is 1.60. The summed E-state index contributed by atoms with van der Waals surface area (Å²) >= 11 is 0. The van der Waals surface area contributed by atoms with Crippen LogP contribution in [0.15, 0.2) is 23.8 Å². The first kappa shape index (κ1) is 12.0. The van der Waals surface area contributed by atoms with Crippen LogP contribution in [-0.2, 0) is 14.3 Å². The van der Waals surface area contributed by atoms with Crippen molar-refractivity contribution in [3.05, 3.63) is 23.8 Å². The molecule has 1 rings (SSSR count). The average molecular weight is 210 g/mol. The molecule has 15 heavy (non-hydrogen) atoms. The molecule has 3 heteroatoms. The molecule has 0 radical (unpaired) electrons. The Morgan fingerprint density at radius 1 is 1.53 bits per heavy atom. The van der Waals surface area contributed by atoms with E-state index in [-0.39, 0.29) is 11.9 Å². The van der Waals surface area contributed by atoms with Crippen molar-refractivity contribution in [1.82, 2.24) is 0 Å². The highest BCUT2D eigenvalue weighted by atomic mass is 16.5. The molecule has 0 spiro atoms. The molecule has 0 saturated heterocycles. The Morgan fingerprint density at radius 3 is 2.87 bits per heavy atom. The Kier molecular flexibility index (Phi) is 5.12. The number of hydrogen-bond acceptors (Lipinski definition) is 3. The zero-order valence-corrected chi connectivity index (χ0v) is 9.36. The highest BCUT2D eigenvalue weighted by Gasteiger charge is 2.23. The molecular formula is C12H18O3. The van der Waals surface area contributed by atoms with Crippen LogP contribution < -0.4 is 0 Å². The van der Waals surface area contributed by atoms with E-state index in [4.69, 9.17) is 9.47 Å². The molecule has 3 nitrogen and oxygen atoms in total. The summed E-state index contributed by atoms with van der Waals surface area (Å²) in [6.07, 6.45) is 8.19. The number of methoxy groups -OCH3 is 1. The second kappa shape index (κ2) is 6.40. The first-order chi connectivity index (χ1) is 7.29. The molecule has 0 bridgehead atoms. The van der Waals surface area contributed by atoms with Crippen LogP contribution in [0.5, 0.6) is 0 Å². The summed E-state index contributed by atoms with van der Waals surface area (Å²) in [4.78, 5) is 11.7. The minimum atomic E-state index is -0.272. The zero-order valence-electron chi connectivity index (χ0n) is 9.36. The summed E-state index contributed by atoms with van der Waals surface area (Å²) in [6, 6.07) is 0. The SMILES string of the molecule is CCOC(=O)C(COC)C1=CCCC=C1. The Balaban J connectivity index is 2.68. The second-order valence-electron chi connectivity index (χ2n) is 3.44. The molecule has 0 aromatic rings. The summed E-state index contributed by atoms with van der Waals surface area (Å²) in [5.74, 6) is -0.469. The van der Waals surface area contributed by atoms with Crippen LogP contribution in [-0.4, -0.2) is 26.3 Å². The topological polar surface area (TPSA) is 35.5 Å². The van der Waals surface area contributed by atoms with E-state index in [0.717, 1.165) is 18.4 Å². The Bertz CT molecular complexity index is 266. The summed E-state index contributed by atoms with van der Waals surface area (Å²) in [5.41, 5.74) is 1.02. The zero-order chi connectivity index (χ0) is 11.1. The van der Waals surface area contributed by atoms with Crippen LogP contribution in [0.4, 0.5) is 0 Å². The predicted octanol–water partition coefficient (Wildman–Crippen LogP) is 2.09. The van der Waals surface area contributed by atoms with Gasteiger partial charge in [0.25, 0.3) is 0 Å². The maximum absolute atomic E-state index is 11.7. The second-order valence-corrected chi connectivity index (χ2v) is 3.44. The van der Waals surface area contributed by atoms with E-state index in [9.17, 15) is 4.79 Å². The maximum atomic E-state index is 11.7. The van der Waals surface area contributed by atoms with Gasteiger partial charge in [0.05, 0.1) is 13.2 Å². The largest absolute Gasteiger partial charge is 0.465 e. The predicted molar refractivity (Wildman–Crippen MR) is 58.5 cm³/mol. The van der Waals surface area contributed by atoms with E-state index in [0.29, 0.717) is 13.2 Å². The number of rotatable bonds is 5. The van der Waals surface area contributed by atoms with Gasteiger partial charge >= 0.3 is 5.97 Å². The minimum Gasteiger partial charge on any atom is -0.465 e. The molecular weight excluding hydrogens is 192 g/mol. The average Bonchev–Trinajstić information content (AvgIpc) is 2.27. The van der Waals surface area contributed by atoms with Crippen molar-refractivity contribution in [2.75, 3.05) is 20.3 Å². The molecule has 0 fully saturated rings. The molecule has 0 heterocycles. The smallest absolute Gasteiger partial charge is 0.315 e. The normalized spacial score (nSPS) is 17.1. The van der Waals surface area contributed by atoms with Gasteiger partial charge in [0.2, 0.25) is 0 Å². The van der Waals surface area contributed by atoms with Gasteiger partial charge in [-0.3, -0.25) is 4.79 Å². The monoisotopic (exact) mass is 210 g/mol. The minimum absolute atomic E-state index is 0.197. The number of esters is 1. The first-order valence-corrected chi connectivity index (χ1v) is 5.31. The number of allylic oxidation sites excluding steroid dienone is 3. The summed E-state index contributed by atoms with van der Waals surface area (Å²) in [5, 5.41) is 0. The molecule has 1 atom stereocenters. The van der Waals surface area contributed by atoms with Gasteiger partial charge in [-0.05, 0) is 25.3 Å². The molecule has 1 aliphatic rings. The van der Waals surface area contributed by atoms with Gasteiger partial charge in [-0.15, -0.1) is 0 Å². The van der Waals surface area contributed by atoms with E-state index in [2.05, 4.69) is 12.2 Å². The number of carbonyl (C=O) groups excluding carboxylic acids is 1. The van der Waals surface area contributed by atoms with Crippen molar-refractivity contribution in [2.24, 2.45) is 5.92 Å². The summed E-state index contributed by atoms with van der Waals surface area (Å²) < 4.78 is 10.1. The molecule has 0 N–H and O–H groups in total. The Labute approximate surface area is 90.8 Å². The molecule has 0 saturated carbocycles. The third-order valence-electron chi connectivity index (χ3n) is 2.33. The van der Waals surface area contributed by atoms with Gasteiger partial charge < -0.3 is 9.47 Å². The molecule has 1 unspecified atom stereocenters. The van der Waals surface area contributed by atoms with Crippen molar-refractivity contribution < 1.29 is 14.3 Å². The fraction of sp³-hybridized carbons (Fsp3) is 0.583. The van der Waals surface area contributed by atoms with Crippen molar-refractivity contribution in [1.29, 1.82) is 0 Å². The highest BCUT2D eigenvalue weighted by molar-refractivity contribution is 5.77. The Morgan fingerprint density at radius 2 is 2.33 bits per heavy atom. The van der Waals surface area contributed by atoms with Crippen LogP contribution in [0, 0.1) is 5.92 Å². The van der Waals surface area contributed by atoms with Gasteiger partial charge in [0.1, 0.15) is 5.92 Å². The van der Waals surface area contributed by atoms with Gasteiger partial charge in [-0.2, -0.15) is 0 Å². The van der Waals surface area contributed by atoms with Crippen LogP contribution in [0.25, 0.3) is 0 Å². The molecule has 0 aromatic carbocycles. The first-order valence-electron chi connectivity index (χ1n) is 5.31. The van der Waals surface area contributed by atoms with Crippen LogP contribution >= 0.6 is 0 Å². The van der Waals surface area contributed by atoms with Crippen molar-refractivity contribution in [3.8, 4) is 0 Å². The molecule has 1 aliphatic carbocycles. The van der Waals surface area contributed by atoms with Gasteiger partial charge in [-0.25, -0.2) is 0 Å². The number of carbonyl (C=O) groups is 1. The van der Waals surface area contributed by atoms with Crippen molar-refractivity contribution in [3.63, 3.8) is 0 Å². The lowest BCUT2D eigenvalue weighted by molar-refractivity contribution is -0.148. The molecule has 84 valence electrons. The standard InChI is InChI=1S/C12H18O3/c1-3-15-12(13)11(9-14-2)10-7-5-4-6-8-10/h5,7-8,11H,3-4,6,9H2,1-2H3. The fourth-order valence-corrected chi connectivity index (χ4v) is 1.60. The van der Waals surface area contributed by atoms with Crippen LogP contribution in [0.2, 0.25) is 0 Å².